The summed E-state index contributed by atoms with van der Waals surface area (Å²) in [6.45, 7) is 16.7. The normalized spacial score (nSPS) is 11.4. The molecule has 0 aromatic heterocycles. The van der Waals surface area contributed by atoms with Crippen molar-refractivity contribution < 1.29 is 0 Å². The number of aryl methyl sites for hydroxylation is 1. The molecule has 0 saturated heterocycles. The van der Waals surface area contributed by atoms with Gasteiger partial charge in [0, 0.05) is 31.4 Å². The van der Waals surface area contributed by atoms with E-state index in [4.69, 9.17) is 0 Å². The Morgan fingerprint density at radius 1 is 1.10 bits per heavy atom. The zero-order chi connectivity index (χ0) is 15.8. The first-order valence-electron chi connectivity index (χ1n) is 8.59. The monoisotopic (exact) mass is 290 g/mol. The average Bonchev–Trinajstić information content (AvgIpc) is 2.47. The molecule has 21 heavy (non-hydrogen) atoms. The molecule has 0 atom stereocenters. The molecule has 0 fully saturated rings. The summed E-state index contributed by atoms with van der Waals surface area (Å²) in [4.78, 5) is 2.52. The van der Waals surface area contributed by atoms with Crippen LogP contribution in [0, 0.1) is 12.8 Å². The van der Waals surface area contributed by atoms with E-state index in [9.17, 15) is 0 Å². The maximum atomic E-state index is 3.50. The fourth-order valence-electron chi connectivity index (χ4n) is 2.66. The predicted molar refractivity (Wildman–Crippen MR) is 95.1 cm³/mol. The van der Waals surface area contributed by atoms with Gasteiger partial charge in [0.2, 0.25) is 0 Å². The molecule has 0 unspecified atom stereocenters. The zero-order valence-electron chi connectivity index (χ0n) is 14.9. The van der Waals surface area contributed by atoms with E-state index in [0.717, 1.165) is 19.0 Å². The van der Waals surface area contributed by atoms with Gasteiger partial charge in [0.1, 0.15) is 0 Å². The molecule has 2 nitrogen and oxygen atoms in total. The van der Waals surface area contributed by atoms with E-state index in [2.05, 4.69) is 70.0 Å². The SMILES string of the molecule is CCC(CC)CN(CC)c1ccc(CNC(C)C)c(C)c1. The van der Waals surface area contributed by atoms with Crippen LogP contribution in [0.3, 0.4) is 0 Å². The summed E-state index contributed by atoms with van der Waals surface area (Å²) in [6.07, 6.45) is 2.53. The number of hydrogen-bond donors (Lipinski definition) is 1. The molecule has 0 aliphatic rings. The van der Waals surface area contributed by atoms with Crippen molar-refractivity contribution in [1.82, 2.24) is 5.32 Å². The molecule has 0 radical (unpaired) electrons. The van der Waals surface area contributed by atoms with Crippen LogP contribution in [0.1, 0.15) is 58.6 Å². The van der Waals surface area contributed by atoms with Crippen LogP contribution in [0.2, 0.25) is 0 Å². The third-order valence-corrected chi connectivity index (χ3v) is 4.41. The molecule has 1 rings (SSSR count). The van der Waals surface area contributed by atoms with E-state index < -0.39 is 0 Å². The molecular formula is C19H34N2. The van der Waals surface area contributed by atoms with Gasteiger partial charge >= 0.3 is 0 Å². The minimum Gasteiger partial charge on any atom is -0.372 e. The van der Waals surface area contributed by atoms with Gasteiger partial charge in [-0.1, -0.05) is 46.6 Å². The van der Waals surface area contributed by atoms with Crippen LogP contribution in [-0.4, -0.2) is 19.1 Å². The molecule has 0 aliphatic carbocycles. The van der Waals surface area contributed by atoms with E-state index in [0.29, 0.717) is 6.04 Å². The lowest BCUT2D eigenvalue weighted by molar-refractivity contribution is 0.486. The van der Waals surface area contributed by atoms with E-state index >= 15 is 0 Å². The van der Waals surface area contributed by atoms with Crippen LogP contribution in [-0.2, 0) is 6.54 Å². The van der Waals surface area contributed by atoms with Crippen molar-refractivity contribution in [1.29, 1.82) is 0 Å². The summed E-state index contributed by atoms with van der Waals surface area (Å²) in [5.41, 5.74) is 4.17. The minimum atomic E-state index is 0.533. The highest BCUT2D eigenvalue weighted by Crippen LogP contribution is 2.22. The molecule has 0 aliphatic heterocycles. The summed E-state index contributed by atoms with van der Waals surface area (Å²) in [6, 6.07) is 7.46. The van der Waals surface area contributed by atoms with Crippen molar-refractivity contribution in [3.05, 3.63) is 29.3 Å². The number of anilines is 1. The van der Waals surface area contributed by atoms with Gasteiger partial charge in [-0.3, -0.25) is 0 Å². The topological polar surface area (TPSA) is 15.3 Å². The highest BCUT2D eigenvalue weighted by molar-refractivity contribution is 5.50. The van der Waals surface area contributed by atoms with Gasteiger partial charge in [0.25, 0.3) is 0 Å². The fraction of sp³-hybridized carbons (Fsp3) is 0.684. The van der Waals surface area contributed by atoms with E-state index in [-0.39, 0.29) is 0 Å². The van der Waals surface area contributed by atoms with Crippen molar-refractivity contribution in [3.63, 3.8) is 0 Å². The molecule has 1 aromatic rings. The number of benzene rings is 1. The van der Waals surface area contributed by atoms with Gasteiger partial charge in [0.15, 0.2) is 0 Å². The Labute approximate surface area is 131 Å². The van der Waals surface area contributed by atoms with Crippen LogP contribution < -0.4 is 10.2 Å². The third-order valence-electron chi connectivity index (χ3n) is 4.41. The molecule has 0 heterocycles. The summed E-state index contributed by atoms with van der Waals surface area (Å²) in [5.74, 6) is 0.799. The Morgan fingerprint density at radius 3 is 2.24 bits per heavy atom. The van der Waals surface area contributed by atoms with Crippen LogP contribution in [0.15, 0.2) is 18.2 Å². The first-order chi connectivity index (χ1) is 10.0. The molecule has 0 amide bonds. The van der Waals surface area contributed by atoms with Crippen molar-refractivity contribution in [2.75, 3.05) is 18.0 Å². The third kappa shape index (κ3) is 5.70. The van der Waals surface area contributed by atoms with Gasteiger partial charge in [0.05, 0.1) is 0 Å². The van der Waals surface area contributed by atoms with E-state index in [1.807, 2.05) is 0 Å². The summed E-state index contributed by atoms with van der Waals surface area (Å²) in [5, 5.41) is 3.50. The van der Waals surface area contributed by atoms with E-state index in [1.165, 1.54) is 36.2 Å². The van der Waals surface area contributed by atoms with Crippen molar-refractivity contribution in [2.45, 2.75) is 67.0 Å². The zero-order valence-corrected chi connectivity index (χ0v) is 14.9. The molecule has 1 N–H and O–H groups in total. The Balaban J connectivity index is 2.79. The average molecular weight is 290 g/mol. The molecule has 0 saturated carbocycles. The first-order valence-corrected chi connectivity index (χ1v) is 8.59. The quantitative estimate of drug-likeness (QED) is 0.705. The van der Waals surface area contributed by atoms with Crippen molar-refractivity contribution in [3.8, 4) is 0 Å². The molecule has 2 heteroatoms. The standard InChI is InChI=1S/C19H34N2/c1-7-17(8-2)14-21(9-3)19-11-10-18(16(6)12-19)13-20-15(4)5/h10-12,15,17,20H,7-9,13-14H2,1-6H3. The van der Waals surface area contributed by atoms with Gasteiger partial charge in [-0.2, -0.15) is 0 Å². The lowest BCUT2D eigenvalue weighted by Gasteiger charge is -2.28. The number of nitrogens with one attached hydrogen (secondary N) is 1. The Bertz CT molecular complexity index is 408. The van der Waals surface area contributed by atoms with Gasteiger partial charge in [-0.25, -0.2) is 0 Å². The predicted octanol–water partition coefficient (Wildman–Crippen LogP) is 4.76. The number of nitrogens with zero attached hydrogens (tertiary/aromatic N) is 1. The van der Waals surface area contributed by atoms with Gasteiger partial charge < -0.3 is 10.2 Å². The number of hydrogen-bond acceptors (Lipinski definition) is 2. The van der Waals surface area contributed by atoms with Gasteiger partial charge in [-0.05, 0) is 43.0 Å². The number of rotatable bonds is 9. The van der Waals surface area contributed by atoms with Crippen molar-refractivity contribution in [2.24, 2.45) is 5.92 Å². The molecule has 120 valence electrons. The maximum absolute atomic E-state index is 3.50. The highest BCUT2D eigenvalue weighted by Gasteiger charge is 2.11. The fourth-order valence-corrected chi connectivity index (χ4v) is 2.66. The molecule has 1 aromatic carbocycles. The minimum absolute atomic E-state index is 0.533. The Kier molecular flexibility index (Phi) is 7.81. The van der Waals surface area contributed by atoms with Gasteiger partial charge in [-0.15, -0.1) is 0 Å². The van der Waals surface area contributed by atoms with E-state index in [1.54, 1.807) is 0 Å². The van der Waals surface area contributed by atoms with Crippen LogP contribution in [0.5, 0.6) is 0 Å². The van der Waals surface area contributed by atoms with Crippen LogP contribution >= 0.6 is 0 Å². The molecule has 0 spiro atoms. The summed E-state index contributed by atoms with van der Waals surface area (Å²) < 4.78 is 0. The van der Waals surface area contributed by atoms with Crippen LogP contribution in [0.4, 0.5) is 5.69 Å². The second-order valence-corrected chi connectivity index (χ2v) is 6.37. The second kappa shape index (κ2) is 9.09. The lowest BCUT2D eigenvalue weighted by Crippen LogP contribution is -2.29. The Morgan fingerprint density at radius 2 is 1.76 bits per heavy atom. The highest BCUT2D eigenvalue weighted by atomic mass is 15.1. The largest absolute Gasteiger partial charge is 0.372 e. The smallest absolute Gasteiger partial charge is 0.0369 e. The van der Waals surface area contributed by atoms with Crippen molar-refractivity contribution >= 4 is 5.69 Å². The molecular weight excluding hydrogens is 256 g/mol. The Hall–Kier alpha value is -1.02. The lowest BCUT2D eigenvalue weighted by atomic mass is 10.0. The first kappa shape index (κ1) is 18.0. The summed E-state index contributed by atoms with van der Waals surface area (Å²) in [7, 11) is 0. The maximum Gasteiger partial charge on any atom is 0.0369 e. The van der Waals surface area contributed by atoms with Crippen LogP contribution in [0.25, 0.3) is 0 Å². The molecule has 0 bridgehead atoms. The second-order valence-electron chi connectivity index (χ2n) is 6.37. The summed E-state index contributed by atoms with van der Waals surface area (Å²) >= 11 is 0.